The van der Waals surface area contributed by atoms with Crippen LogP contribution in [0, 0.1) is 12.3 Å². The lowest BCUT2D eigenvalue weighted by molar-refractivity contribution is 0.0970. The van der Waals surface area contributed by atoms with Crippen LogP contribution in [0.3, 0.4) is 0 Å². The van der Waals surface area contributed by atoms with Gasteiger partial charge in [0.1, 0.15) is 5.49 Å². The van der Waals surface area contributed by atoms with Gasteiger partial charge in [-0.05, 0) is 29.7 Å². The van der Waals surface area contributed by atoms with Gasteiger partial charge in [0.05, 0.1) is 6.54 Å². The third-order valence-corrected chi connectivity index (χ3v) is 3.90. The van der Waals surface area contributed by atoms with Gasteiger partial charge in [0.2, 0.25) is 0 Å². The average Bonchev–Trinajstić information content (AvgIpc) is 2.60. The first-order chi connectivity index (χ1) is 11.1. The molecular weight excluding hydrogens is 284 g/mol. The molecule has 1 N–H and O–H groups in total. The number of pyridine rings is 1. The van der Waals surface area contributed by atoms with Crippen LogP contribution in [0.15, 0.2) is 72.9 Å². The van der Waals surface area contributed by atoms with Crippen LogP contribution >= 0.6 is 0 Å². The van der Waals surface area contributed by atoms with Crippen molar-refractivity contribution in [2.75, 3.05) is 0 Å². The van der Waals surface area contributed by atoms with E-state index in [1.807, 2.05) is 73.7 Å². The first-order valence-corrected chi connectivity index (χ1v) is 7.54. The number of aryl methyl sites for hydroxylation is 1. The van der Waals surface area contributed by atoms with Crippen LogP contribution < -0.4 is 5.49 Å². The van der Waals surface area contributed by atoms with Crippen LogP contribution in [-0.2, 0) is 6.54 Å². The van der Waals surface area contributed by atoms with E-state index < -0.39 is 0 Å². The number of benzene rings is 2. The Morgan fingerprint density at radius 3 is 2.26 bits per heavy atom. The lowest BCUT2D eigenvalue weighted by Gasteiger charge is -2.08. The Bertz CT molecular complexity index is 878. The van der Waals surface area contributed by atoms with Gasteiger partial charge < -0.3 is 4.57 Å². The molecule has 3 heteroatoms. The van der Waals surface area contributed by atoms with Crippen LogP contribution in [-0.4, -0.2) is 10.4 Å². The summed E-state index contributed by atoms with van der Waals surface area (Å²) >= 11 is 0. The Labute approximate surface area is 135 Å². The fraction of sp³-hybridized carbons (Fsp3) is 0.100. The Hall–Kier alpha value is -2.94. The number of hydrogen-bond donors (Lipinski definition) is 1. The quantitative estimate of drug-likeness (QED) is 0.732. The molecule has 1 heterocycles. The Morgan fingerprint density at radius 1 is 0.913 bits per heavy atom. The molecule has 0 amide bonds. The molecule has 0 spiro atoms. The minimum absolute atomic E-state index is 0.00807. The fourth-order valence-electron chi connectivity index (χ4n) is 2.53. The van der Waals surface area contributed by atoms with E-state index in [9.17, 15) is 4.79 Å². The van der Waals surface area contributed by atoms with Gasteiger partial charge in [0.25, 0.3) is 0 Å². The number of carbonyl (C=O) groups is 1. The third kappa shape index (κ3) is 3.29. The molecule has 0 fully saturated rings. The highest BCUT2D eigenvalue weighted by atomic mass is 16.1. The second-order valence-corrected chi connectivity index (χ2v) is 5.53. The maximum absolute atomic E-state index is 12.4. The minimum atomic E-state index is 0.00807. The SMILES string of the molecule is Cc1cccn(CC(=O)c2ccc(-c3ccccc3)cc2)c1=N. The molecule has 0 atom stereocenters. The topological polar surface area (TPSA) is 45.9 Å². The summed E-state index contributed by atoms with van der Waals surface area (Å²) in [5, 5.41) is 8.01. The first kappa shape index (κ1) is 15.0. The Kier molecular flexibility index (Phi) is 4.20. The summed E-state index contributed by atoms with van der Waals surface area (Å²) in [5.41, 5.74) is 4.12. The standard InChI is InChI=1S/C20H18N2O/c1-15-6-5-13-22(20(15)21)14-19(23)18-11-9-17(10-12-18)16-7-3-2-4-8-16/h2-13,21H,14H2,1H3. The molecule has 0 saturated carbocycles. The highest BCUT2D eigenvalue weighted by molar-refractivity contribution is 5.96. The van der Waals surface area contributed by atoms with E-state index in [0.29, 0.717) is 11.1 Å². The summed E-state index contributed by atoms with van der Waals surface area (Å²) in [7, 11) is 0. The highest BCUT2D eigenvalue weighted by Crippen LogP contribution is 2.19. The molecule has 23 heavy (non-hydrogen) atoms. The van der Waals surface area contributed by atoms with Gasteiger partial charge in [-0.2, -0.15) is 0 Å². The molecule has 0 saturated heterocycles. The van der Waals surface area contributed by atoms with Crippen LogP contribution in [0.2, 0.25) is 0 Å². The van der Waals surface area contributed by atoms with Gasteiger partial charge in [-0.1, -0.05) is 60.7 Å². The molecule has 0 aliphatic rings. The van der Waals surface area contributed by atoms with E-state index in [-0.39, 0.29) is 12.3 Å². The number of Topliss-reactive ketones (excluding diaryl/α,β-unsaturated/α-hetero) is 1. The molecule has 0 bridgehead atoms. The van der Waals surface area contributed by atoms with Gasteiger partial charge in [-0.15, -0.1) is 0 Å². The molecule has 3 rings (SSSR count). The molecule has 0 aliphatic carbocycles. The average molecular weight is 302 g/mol. The number of carbonyl (C=O) groups excluding carboxylic acids is 1. The molecule has 0 aliphatic heterocycles. The molecule has 3 aromatic rings. The van der Waals surface area contributed by atoms with Crippen LogP contribution in [0.25, 0.3) is 11.1 Å². The highest BCUT2D eigenvalue weighted by Gasteiger charge is 2.08. The van der Waals surface area contributed by atoms with Gasteiger partial charge in [-0.25, -0.2) is 0 Å². The van der Waals surface area contributed by atoms with Crippen molar-refractivity contribution in [3.8, 4) is 11.1 Å². The molecular formula is C20H18N2O. The second kappa shape index (κ2) is 6.44. The normalized spacial score (nSPS) is 10.5. The summed E-state index contributed by atoms with van der Waals surface area (Å²) in [5.74, 6) is 0.00807. The van der Waals surface area contributed by atoms with E-state index >= 15 is 0 Å². The van der Waals surface area contributed by atoms with Gasteiger partial charge in [0.15, 0.2) is 5.78 Å². The number of rotatable bonds is 4. The van der Waals surface area contributed by atoms with E-state index in [4.69, 9.17) is 5.41 Å². The molecule has 1 aromatic heterocycles. The van der Waals surface area contributed by atoms with Crippen molar-refractivity contribution in [1.82, 2.24) is 4.57 Å². The monoisotopic (exact) mass is 302 g/mol. The minimum Gasteiger partial charge on any atom is -0.325 e. The third-order valence-electron chi connectivity index (χ3n) is 3.90. The largest absolute Gasteiger partial charge is 0.325 e. The molecule has 0 unspecified atom stereocenters. The molecule has 2 aromatic carbocycles. The predicted molar refractivity (Wildman–Crippen MR) is 91.2 cm³/mol. The summed E-state index contributed by atoms with van der Waals surface area (Å²) in [6.07, 6.45) is 1.77. The van der Waals surface area contributed by atoms with Crippen molar-refractivity contribution in [3.63, 3.8) is 0 Å². The van der Waals surface area contributed by atoms with E-state index in [1.54, 1.807) is 10.8 Å². The molecule has 3 nitrogen and oxygen atoms in total. The van der Waals surface area contributed by atoms with Gasteiger partial charge >= 0.3 is 0 Å². The van der Waals surface area contributed by atoms with Crippen LogP contribution in [0.5, 0.6) is 0 Å². The smallest absolute Gasteiger partial charge is 0.182 e. The molecule has 0 radical (unpaired) electrons. The number of nitrogens with zero attached hydrogens (tertiary/aromatic N) is 1. The zero-order valence-electron chi connectivity index (χ0n) is 13.0. The zero-order chi connectivity index (χ0) is 16.2. The van der Waals surface area contributed by atoms with Crippen molar-refractivity contribution >= 4 is 5.78 Å². The van der Waals surface area contributed by atoms with E-state index in [0.717, 1.165) is 16.7 Å². The number of hydrogen-bond acceptors (Lipinski definition) is 2. The van der Waals surface area contributed by atoms with Gasteiger partial charge in [-0.3, -0.25) is 10.2 Å². The molecule has 114 valence electrons. The summed E-state index contributed by atoms with van der Waals surface area (Å²) in [4.78, 5) is 12.4. The lowest BCUT2D eigenvalue weighted by Crippen LogP contribution is -2.25. The fourth-order valence-corrected chi connectivity index (χ4v) is 2.53. The van der Waals surface area contributed by atoms with Crippen molar-refractivity contribution in [3.05, 3.63) is 89.5 Å². The maximum Gasteiger partial charge on any atom is 0.182 e. The zero-order valence-corrected chi connectivity index (χ0v) is 13.0. The van der Waals surface area contributed by atoms with Crippen molar-refractivity contribution in [2.45, 2.75) is 13.5 Å². The Morgan fingerprint density at radius 2 is 1.57 bits per heavy atom. The second-order valence-electron chi connectivity index (χ2n) is 5.53. The van der Waals surface area contributed by atoms with Crippen LogP contribution in [0.4, 0.5) is 0 Å². The first-order valence-electron chi connectivity index (χ1n) is 7.54. The van der Waals surface area contributed by atoms with Crippen molar-refractivity contribution < 1.29 is 4.79 Å². The number of nitrogens with one attached hydrogen (secondary N) is 1. The lowest BCUT2D eigenvalue weighted by atomic mass is 10.0. The predicted octanol–water partition coefficient (Wildman–Crippen LogP) is 3.83. The van der Waals surface area contributed by atoms with Gasteiger partial charge in [0, 0.05) is 11.8 Å². The number of aromatic nitrogens is 1. The summed E-state index contributed by atoms with van der Waals surface area (Å²) in [6, 6.07) is 21.4. The van der Waals surface area contributed by atoms with E-state index in [1.165, 1.54) is 0 Å². The summed E-state index contributed by atoms with van der Waals surface area (Å²) < 4.78 is 1.67. The summed E-state index contributed by atoms with van der Waals surface area (Å²) in [6.45, 7) is 2.06. The maximum atomic E-state index is 12.4. The van der Waals surface area contributed by atoms with E-state index in [2.05, 4.69) is 0 Å². The van der Waals surface area contributed by atoms with Crippen molar-refractivity contribution in [1.29, 1.82) is 5.41 Å². The van der Waals surface area contributed by atoms with Crippen molar-refractivity contribution in [2.24, 2.45) is 0 Å². The van der Waals surface area contributed by atoms with Crippen LogP contribution in [0.1, 0.15) is 15.9 Å². The number of ketones is 1. The Balaban J connectivity index is 1.81.